The van der Waals surface area contributed by atoms with Crippen LogP contribution in [0.2, 0.25) is 0 Å². The zero-order valence-corrected chi connectivity index (χ0v) is 10.1. The number of ketones is 1. The fourth-order valence-corrected chi connectivity index (χ4v) is 2.08. The molecule has 17 heavy (non-hydrogen) atoms. The largest absolute Gasteiger partial charge is 0.507 e. The second-order valence-electron chi connectivity index (χ2n) is 4.14. The minimum atomic E-state index is -0.146. The van der Waals surface area contributed by atoms with Crippen molar-refractivity contribution in [1.29, 1.82) is 0 Å². The standard InChI is InChI=1S/C13H16O4/c1-3-4-5-9-12(8(2)14)10(15)6-11-13(9)17-7-16-11/h6,15H,3-5,7H2,1-2H3. The van der Waals surface area contributed by atoms with E-state index in [-0.39, 0.29) is 18.3 Å². The monoisotopic (exact) mass is 236 g/mol. The fourth-order valence-electron chi connectivity index (χ4n) is 2.08. The molecule has 0 atom stereocenters. The molecule has 0 fully saturated rings. The number of Topliss-reactive ketones (excluding diaryl/α,β-unsaturated/α-hetero) is 1. The van der Waals surface area contributed by atoms with Crippen LogP contribution in [0.25, 0.3) is 0 Å². The SMILES string of the molecule is CCCCc1c2c(cc(O)c1C(C)=O)OCO2. The molecule has 0 amide bonds. The second kappa shape index (κ2) is 4.65. The highest BCUT2D eigenvalue weighted by Crippen LogP contribution is 2.42. The van der Waals surface area contributed by atoms with Crippen LogP contribution in [0, 0.1) is 0 Å². The fraction of sp³-hybridized carbons (Fsp3) is 0.462. The Labute approximate surface area is 100 Å². The third-order valence-electron chi connectivity index (χ3n) is 2.87. The topological polar surface area (TPSA) is 55.8 Å². The van der Waals surface area contributed by atoms with Gasteiger partial charge in [-0.15, -0.1) is 0 Å². The molecule has 0 radical (unpaired) electrons. The molecule has 1 heterocycles. The van der Waals surface area contributed by atoms with Crippen molar-refractivity contribution < 1.29 is 19.4 Å². The van der Waals surface area contributed by atoms with E-state index in [2.05, 4.69) is 6.92 Å². The molecule has 0 unspecified atom stereocenters. The summed E-state index contributed by atoms with van der Waals surface area (Å²) in [6.07, 6.45) is 2.67. The van der Waals surface area contributed by atoms with Crippen molar-refractivity contribution >= 4 is 5.78 Å². The number of aromatic hydroxyl groups is 1. The minimum Gasteiger partial charge on any atom is -0.507 e. The number of benzene rings is 1. The molecule has 1 N–H and O–H groups in total. The van der Waals surface area contributed by atoms with Crippen molar-refractivity contribution in [3.05, 3.63) is 17.2 Å². The number of carbonyl (C=O) groups excluding carboxylic acids is 1. The van der Waals surface area contributed by atoms with E-state index >= 15 is 0 Å². The van der Waals surface area contributed by atoms with E-state index in [0.717, 1.165) is 18.4 Å². The maximum Gasteiger partial charge on any atom is 0.231 e. The molecule has 0 aromatic heterocycles. The highest BCUT2D eigenvalue weighted by atomic mass is 16.7. The Morgan fingerprint density at radius 1 is 1.47 bits per heavy atom. The van der Waals surface area contributed by atoms with Crippen LogP contribution < -0.4 is 9.47 Å². The summed E-state index contributed by atoms with van der Waals surface area (Å²) >= 11 is 0. The quantitative estimate of drug-likeness (QED) is 0.816. The maximum absolute atomic E-state index is 11.6. The lowest BCUT2D eigenvalue weighted by atomic mass is 9.97. The van der Waals surface area contributed by atoms with Gasteiger partial charge in [0.1, 0.15) is 5.75 Å². The third kappa shape index (κ3) is 2.07. The summed E-state index contributed by atoms with van der Waals surface area (Å²) in [4.78, 5) is 11.6. The van der Waals surface area contributed by atoms with Gasteiger partial charge >= 0.3 is 0 Å². The van der Waals surface area contributed by atoms with Gasteiger partial charge < -0.3 is 14.6 Å². The molecule has 1 aromatic carbocycles. The van der Waals surface area contributed by atoms with E-state index in [4.69, 9.17) is 9.47 Å². The van der Waals surface area contributed by atoms with Gasteiger partial charge in [0.25, 0.3) is 0 Å². The predicted molar refractivity (Wildman–Crippen MR) is 62.8 cm³/mol. The summed E-state index contributed by atoms with van der Waals surface area (Å²) in [7, 11) is 0. The van der Waals surface area contributed by atoms with Crippen molar-refractivity contribution in [2.45, 2.75) is 33.1 Å². The Kier molecular flexibility index (Phi) is 3.22. The first-order valence-electron chi connectivity index (χ1n) is 5.80. The Hall–Kier alpha value is -1.71. The predicted octanol–water partition coefficient (Wildman–Crippen LogP) is 2.67. The first kappa shape index (κ1) is 11.8. The molecule has 4 heteroatoms. The van der Waals surface area contributed by atoms with Crippen LogP contribution in [-0.4, -0.2) is 17.7 Å². The van der Waals surface area contributed by atoms with Crippen molar-refractivity contribution in [3.8, 4) is 17.2 Å². The van der Waals surface area contributed by atoms with Gasteiger partial charge in [-0.05, 0) is 19.8 Å². The maximum atomic E-state index is 11.6. The van der Waals surface area contributed by atoms with Gasteiger partial charge in [-0.1, -0.05) is 13.3 Å². The van der Waals surface area contributed by atoms with Crippen LogP contribution in [0.5, 0.6) is 17.2 Å². The van der Waals surface area contributed by atoms with Gasteiger partial charge in [-0.3, -0.25) is 4.79 Å². The summed E-state index contributed by atoms with van der Waals surface area (Å²) in [5.41, 5.74) is 1.13. The van der Waals surface area contributed by atoms with Crippen LogP contribution in [0.1, 0.15) is 42.6 Å². The summed E-state index contributed by atoms with van der Waals surface area (Å²) in [5, 5.41) is 9.87. The molecule has 0 bridgehead atoms. The average molecular weight is 236 g/mol. The van der Waals surface area contributed by atoms with Gasteiger partial charge in [-0.2, -0.15) is 0 Å². The summed E-state index contributed by atoms with van der Waals surface area (Å²) in [6.45, 7) is 3.68. The number of phenols is 1. The van der Waals surface area contributed by atoms with Crippen molar-refractivity contribution in [3.63, 3.8) is 0 Å². The Balaban J connectivity index is 2.53. The minimum absolute atomic E-state index is 0.0205. The van der Waals surface area contributed by atoms with E-state index in [0.29, 0.717) is 23.5 Å². The number of rotatable bonds is 4. The summed E-state index contributed by atoms with van der Waals surface area (Å²) in [5.74, 6) is 0.972. The molecule has 1 aromatic rings. The molecule has 0 saturated heterocycles. The van der Waals surface area contributed by atoms with E-state index < -0.39 is 0 Å². The van der Waals surface area contributed by atoms with Crippen LogP contribution in [-0.2, 0) is 6.42 Å². The summed E-state index contributed by atoms with van der Waals surface area (Å²) in [6, 6.07) is 1.45. The number of ether oxygens (including phenoxy) is 2. The number of hydrogen-bond acceptors (Lipinski definition) is 4. The van der Waals surface area contributed by atoms with Gasteiger partial charge in [0.2, 0.25) is 6.79 Å². The normalized spacial score (nSPS) is 12.8. The molecule has 0 saturated carbocycles. The molecule has 0 aliphatic carbocycles. The number of hydrogen-bond donors (Lipinski definition) is 1. The molecule has 1 aliphatic rings. The van der Waals surface area contributed by atoms with E-state index in [1.54, 1.807) is 0 Å². The lowest BCUT2D eigenvalue weighted by molar-refractivity contribution is 0.101. The zero-order valence-electron chi connectivity index (χ0n) is 10.1. The van der Waals surface area contributed by atoms with Gasteiger partial charge in [-0.25, -0.2) is 0 Å². The molecular formula is C13H16O4. The number of carbonyl (C=O) groups is 1. The Morgan fingerprint density at radius 3 is 2.88 bits per heavy atom. The number of phenolic OH excluding ortho intramolecular Hbond substituents is 1. The van der Waals surface area contributed by atoms with Crippen LogP contribution in [0.4, 0.5) is 0 Å². The van der Waals surface area contributed by atoms with Crippen LogP contribution in [0.3, 0.4) is 0 Å². The van der Waals surface area contributed by atoms with Crippen LogP contribution in [0.15, 0.2) is 6.07 Å². The molecular weight excluding hydrogens is 220 g/mol. The van der Waals surface area contributed by atoms with Crippen molar-refractivity contribution in [2.24, 2.45) is 0 Å². The Morgan fingerprint density at radius 2 is 2.24 bits per heavy atom. The molecule has 1 aliphatic heterocycles. The molecule has 4 nitrogen and oxygen atoms in total. The highest BCUT2D eigenvalue weighted by Gasteiger charge is 2.25. The van der Waals surface area contributed by atoms with Gasteiger partial charge in [0.15, 0.2) is 17.3 Å². The third-order valence-corrected chi connectivity index (χ3v) is 2.87. The Bertz CT molecular complexity index is 451. The first-order chi connectivity index (χ1) is 8.15. The first-order valence-corrected chi connectivity index (χ1v) is 5.80. The van der Waals surface area contributed by atoms with Crippen LogP contribution >= 0.6 is 0 Å². The average Bonchev–Trinajstić information content (AvgIpc) is 2.72. The molecule has 92 valence electrons. The van der Waals surface area contributed by atoms with Gasteiger partial charge in [0.05, 0.1) is 5.56 Å². The van der Waals surface area contributed by atoms with Crippen molar-refractivity contribution in [1.82, 2.24) is 0 Å². The summed E-state index contributed by atoms with van der Waals surface area (Å²) < 4.78 is 10.6. The molecule has 2 rings (SSSR count). The van der Waals surface area contributed by atoms with E-state index in [1.165, 1.54) is 13.0 Å². The van der Waals surface area contributed by atoms with Gasteiger partial charge in [0, 0.05) is 11.6 Å². The van der Waals surface area contributed by atoms with Crippen molar-refractivity contribution in [2.75, 3.05) is 6.79 Å². The number of fused-ring (bicyclic) bond motifs is 1. The smallest absolute Gasteiger partial charge is 0.231 e. The second-order valence-corrected chi connectivity index (χ2v) is 4.14. The highest BCUT2D eigenvalue weighted by molar-refractivity contribution is 5.99. The lowest BCUT2D eigenvalue weighted by Gasteiger charge is -2.11. The zero-order chi connectivity index (χ0) is 12.4. The van der Waals surface area contributed by atoms with E-state index in [1.807, 2.05) is 0 Å². The number of unbranched alkanes of at least 4 members (excludes halogenated alkanes) is 1. The lowest BCUT2D eigenvalue weighted by Crippen LogP contribution is -2.02. The molecule has 0 spiro atoms. The van der Waals surface area contributed by atoms with E-state index in [9.17, 15) is 9.90 Å².